The maximum atomic E-state index is 11.7. The Morgan fingerprint density at radius 3 is 2.72 bits per heavy atom. The zero-order valence-corrected chi connectivity index (χ0v) is 11.7. The van der Waals surface area contributed by atoms with E-state index in [9.17, 15) is 4.79 Å². The summed E-state index contributed by atoms with van der Waals surface area (Å²) < 4.78 is 5.24. The number of rotatable bonds is 2. The number of nitrogens with one attached hydrogen (secondary N) is 1. The zero-order chi connectivity index (χ0) is 13.8. The van der Waals surface area contributed by atoms with Gasteiger partial charge in [-0.15, -0.1) is 0 Å². The number of amides is 1. The van der Waals surface area contributed by atoms with Crippen LogP contribution >= 0.6 is 0 Å². The molecule has 1 rings (SSSR count). The Balaban J connectivity index is 2.46. The average Bonchev–Trinajstić information content (AvgIpc) is 2.12. The third-order valence-corrected chi connectivity index (χ3v) is 2.75. The number of nitriles is 1. The molecule has 102 valence electrons. The van der Waals surface area contributed by atoms with Gasteiger partial charge in [-0.1, -0.05) is 6.92 Å². The van der Waals surface area contributed by atoms with Crippen LogP contribution in [-0.4, -0.2) is 42.3 Å². The number of hydrogen-bond acceptors (Lipinski definition) is 4. The first kappa shape index (κ1) is 14.8. The summed E-state index contributed by atoms with van der Waals surface area (Å²) in [5, 5.41) is 11.6. The van der Waals surface area contributed by atoms with Gasteiger partial charge in [0.05, 0.1) is 12.6 Å². The van der Waals surface area contributed by atoms with Gasteiger partial charge in [-0.05, 0) is 33.1 Å². The predicted octanol–water partition coefficient (Wildman–Crippen LogP) is 1.75. The van der Waals surface area contributed by atoms with E-state index in [1.54, 1.807) is 0 Å². The van der Waals surface area contributed by atoms with Crippen molar-refractivity contribution in [3.05, 3.63) is 0 Å². The standard InChI is InChI=1S/C13H23N3O2/c1-10-7-11(9-16(8-10)6-5-14)15-12(17)18-13(2,3)4/h10-11H,6-9H2,1-4H3,(H,15,17). The number of alkyl carbamates (subject to hydrolysis) is 1. The summed E-state index contributed by atoms with van der Waals surface area (Å²) in [7, 11) is 0. The summed E-state index contributed by atoms with van der Waals surface area (Å²) in [4.78, 5) is 13.7. The molecule has 1 N–H and O–H groups in total. The average molecular weight is 253 g/mol. The topological polar surface area (TPSA) is 65.4 Å². The van der Waals surface area contributed by atoms with Crippen molar-refractivity contribution in [2.24, 2.45) is 5.92 Å². The van der Waals surface area contributed by atoms with E-state index in [0.29, 0.717) is 12.5 Å². The number of carbonyl (C=O) groups is 1. The first-order valence-corrected chi connectivity index (χ1v) is 6.39. The molecular weight excluding hydrogens is 230 g/mol. The largest absolute Gasteiger partial charge is 0.444 e. The molecule has 1 aliphatic heterocycles. The fourth-order valence-corrected chi connectivity index (χ4v) is 2.27. The van der Waals surface area contributed by atoms with Crippen molar-refractivity contribution in [1.82, 2.24) is 10.2 Å². The Bertz CT molecular complexity index is 330. The molecule has 1 aliphatic rings. The van der Waals surface area contributed by atoms with Crippen molar-refractivity contribution in [3.8, 4) is 6.07 Å². The summed E-state index contributed by atoms with van der Waals surface area (Å²) >= 11 is 0. The van der Waals surface area contributed by atoms with Gasteiger partial charge in [-0.25, -0.2) is 4.79 Å². The summed E-state index contributed by atoms with van der Waals surface area (Å²) in [5.41, 5.74) is -0.475. The van der Waals surface area contributed by atoms with Crippen molar-refractivity contribution in [2.45, 2.75) is 45.8 Å². The molecule has 0 spiro atoms. The van der Waals surface area contributed by atoms with Gasteiger partial charge in [0.2, 0.25) is 0 Å². The van der Waals surface area contributed by atoms with Gasteiger partial charge < -0.3 is 10.1 Å². The number of ether oxygens (including phenoxy) is 1. The van der Waals surface area contributed by atoms with Crippen LogP contribution in [0.25, 0.3) is 0 Å². The monoisotopic (exact) mass is 253 g/mol. The first-order valence-electron chi connectivity index (χ1n) is 6.39. The number of carbonyl (C=O) groups excluding carboxylic acids is 1. The van der Waals surface area contributed by atoms with Gasteiger partial charge >= 0.3 is 6.09 Å². The fourth-order valence-electron chi connectivity index (χ4n) is 2.27. The molecule has 5 nitrogen and oxygen atoms in total. The van der Waals surface area contributed by atoms with E-state index < -0.39 is 5.60 Å². The molecule has 18 heavy (non-hydrogen) atoms. The fraction of sp³-hybridized carbons (Fsp3) is 0.846. The lowest BCUT2D eigenvalue weighted by Gasteiger charge is -2.35. The summed E-state index contributed by atoms with van der Waals surface area (Å²) in [6, 6.07) is 2.22. The molecule has 0 aromatic heterocycles. The van der Waals surface area contributed by atoms with E-state index in [0.717, 1.165) is 19.5 Å². The smallest absolute Gasteiger partial charge is 0.407 e. The highest BCUT2D eigenvalue weighted by atomic mass is 16.6. The molecule has 2 atom stereocenters. The van der Waals surface area contributed by atoms with Crippen molar-refractivity contribution < 1.29 is 9.53 Å². The lowest BCUT2D eigenvalue weighted by Crippen LogP contribution is -2.51. The van der Waals surface area contributed by atoms with Gasteiger partial charge in [0, 0.05) is 19.1 Å². The number of nitrogens with zero attached hydrogens (tertiary/aromatic N) is 2. The van der Waals surface area contributed by atoms with E-state index in [2.05, 4.69) is 23.2 Å². The minimum atomic E-state index is -0.475. The van der Waals surface area contributed by atoms with Crippen molar-refractivity contribution in [1.29, 1.82) is 5.26 Å². The second-order valence-electron chi connectivity index (χ2n) is 6.04. The molecular formula is C13H23N3O2. The Labute approximate surface area is 109 Å². The normalized spacial score (nSPS) is 25.3. The van der Waals surface area contributed by atoms with Crippen molar-refractivity contribution in [3.63, 3.8) is 0 Å². The maximum absolute atomic E-state index is 11.7. The maximum Gasteiger partial charge on any atom is 0.407 e. The highest BCUT2D eigenvalue weighted by Gasteiger charge is 2.27. The van der Waals surface area contributed by atoms with Gasteiger partial charge in [-0.3, -0.25) is 4.90 Å². The third kappa shape index (κ3) is 5.37. The van der Waals surface area contributed by atoms with Crippen LogP contribution in [0.3, 0.4) is 0 Å². The van der Waals surface area contributed by atoms with Gasteiger partial charge in [-0.2, -0.15) is 5.26 Å². The third-order valence-electron chi connectivity index (χ3n) is 2.75. The molecule has 0 bridgehead atoms. The molecule has 0 aromatic carbocycles. The van der Waals surface area contributed by atoms with Crippen LogP contribution in [0.2, 0.25) is 0 Å². The predicted molar refractivity (Wildman–Crippen MR) is 69.0 cm³/mol. The van der Waals surface area contributed by atoms with Crippen LogP contribution in [0.4, 0.5) is 4.79 Å². The summed E-state index contributed by atoms with van der Waals surface area (Å²) in [6.07, 6.45) is 0.555. The Morgan fingerprint density at radius 1 is 1.50 bits per heavy atom. The second-order valence-corrected chi connectivity index (χ2v) is 6.04. The van der Waals surface area contributed by atoms with Crippen LogP contribution in [0.1, 0.15) is 34.1 Å². The van der Waals surface area contributed by atoms with E-state index in [4.69, 9.17) is 10.00 Å². The van der Waals surface area contributed by atoms with E-state index >= 15 is 0 Å². The minimum absolute atomic E-state index is 0.0666. The number of piperidine rings is 1. The summed E-state index contributed by atoms with van der Waals surface area (Å²) in [6.45, 7) is 9.72. The SMILES string of the molecule is CC1CC(NC(=O)OC(C)(C)C)CN(CC#N)C1. The van der Waals surface area contributed by atoms with Crippen LogP contribution in [-0.2, 0) is 4.74 Å². The molecule has 1 fully saturated rings. The van der Waals surface area contributed by atoms with Gasteiger partial charge in [0.25, 0.3) is 0 Å². The second kappa shape index (κ2) is 6.05. The van der Waals surface area contributed by atoms with Crippen LogP contribution in [0.15, 0.2) is 0 Å². The van der Waals surface area contributed by atoms with Crippen molar-refractivity contribution >= 4 is 6.09 Å². The molecule has 0 aromatic rings. The Morgan fingerprint density at radius 2 is 2.17 bits per heavy atom. The van der Waals surface area contributed by atoms with Crippen molar-refractivity contribution in [2.75, 3.05) is 19.6 Å². The van der Waals surface area contributed by atoms with E-state index in [-0.39, 0.29) is 12.1 Å². The molecule has 5 heteroatoms. The lowest BCUT2D eigenvalue weighted by molar-refractivity contribution is 0.0459. The van der Waals surface area contributed by atoms with Gasteiger partial charge in [0.15, 0.2) is 0 Å². The van der Waals surface area contributed by atoms with E-state index in [1.807, 2.05) is 20.8 Å². The number of hydrogen-bond donors (Lipinski definition) is 1. The molecule has 0 saturated carbocycles. The molecule has 0 radical (unpaired) electrons. The highest BCUT2D eigenvalue weighted by molar-refractivity contribution is 5.68. The van der Waals surface area contributed by atoms with Gasteiger partial charge in [0.1, 0.15) is 5.60 Å². The van der Waals surface area contributed by atoms with Crippen LogP contribution in [0.5, 0.6) is 0 Å². The Kier molecular flexibility index (Phi) is 4.97. The minimum Gasteiger partial charge on any atom is -0.444 e. The molecule has 1 amide bonds. The van der Waals surface area contributed by atoms with E-state index in [1.165, 1.54) is 0 Å². The molecule has 2 unspecified atom stereocenters. The number of likely N-dealkylation sites (tertiary alicyclic amines) is 1. The zero-order valence-electron chi connectivity index (χ0n) is 11.7. The molecule has 1 heterocycles. The highest BCUT2D eigenvalue weighted by Crippen LogP contribution is 2.16. The summed E-state index contributed by atoms with van der Waals surface area (Å²) in [5.74, 6) is 0.479. The Hall–Kier alpha value is -1.28. The quantitative estimate of drug-likeness (QED) is 0.761. The molecule has 1 saturated heterocycles. The molecule has 0 aliphatic carbocycles. The first-order chi connectivity index (χ1) is 8.30. The van der Waals surface area contributed by atoms with Crippen LogP contribution in [0, 0.1) is 17.2 Å². The van der Waals surface area contributed by atoms with Crippen LogP contribution < -0.4 is 5.32 Å². The lowest BCUT2D eigenvalue weighted by atomic mass is 9.96.